The molecule has 0 atom stereocenters. The number of rotatable bonds is 0. The predicted molar refractivity (Wildman–Crippen MR) is 20.8 cm³/mol. The first-order valence-electron chi connectivity index (χ1n) is 0. The van der Waals surface area contributed by atoms with Gasteiger partial charge in [-0.2, -0.15) is 27.0 Å². The summed E-state index contributed by atoms with van der Waals surface area (Å²) in [4.78, 5) is 0. The molecule has 0 bridgehead atoms. The maximum Gasteiger partial charge on any atom is 0 e. The average molecular weight is 260 g/mol. The van der Waals surface area contributed by atoms with Gasteiger partial charge in [-0.05, 0) is 0 Å². The van der Waals surface area contributed by atoms with Crippen molar-refractivity contribution in [2.24, 2.45) is 0 Å². The third kappa shape index (κ3) is 8.95. The molecule has 0 N–H and O–H groups in total. The minimum absolute atomic E-state index is 0. The van der Waals surface area contributed by atoms with Crippen LogP contribution in [0.5, 0.6) is 0 Å². The topological polar surface area (TPSA) is 0 Å². The molecule has 0 aliphatic rings. The summed E-state index contributed by atoms with van der Waals surface area (Å²) in [5, 5.41) is 0. The number of hydrogen-bond acceptors (Lipinski definition) is 0. The fourth-order valence-electron chi connectivity index (χ4n) is 0. The van der Waals surface area contributed by atoms with Crippen molar-refractivity contribution < 1.29 is 42.1 Å². The zero-order chi connectivity index (χ0) is 0. The maximum atomic E-state index is 0. The molecule has 0 radical (unpaired) electrons. The zero-order valence-electron chi connectivity index (χ0n) is 1.82. The van der Waals surface area contributed by atoms with Gasteiger partial charge in [0.05, 0.1) is 0 Å². The van der Waals surface area contributed by atoms with Crippen LogP contribution in [0.15, 0.2) is 0 Å². The van der Waals surface area contributed by atoms with Crippen LogP contribution in [-0.4, -0.2) is 0 Å². The van der Waals surface area contributed by atoms with Crippen molar-refractivity contribution in [3.8, 4) is 0 Å². The van der Waals surface area contributed by atoms with Crippen molar-refractivity contribution in [2.45, 2.75) is 0 Å². The molecule has 4 heteroatoms. The van der Waals surface area contributed by atoms with Gasteiger partial charge in [0, 0.05) is 42.1 Å². The predicted octanol–water partition coefficient (Wildman–Crippen LogP) is 0.221. The Morgan fingerprint density at radius 1 is 0.500 bits per heavy atom. The van der Waals surface area contributed by atoms with E-state index in [4.69, 9.17) is 0 Å². The average Bonchev–Trinajstić information content (AvgIpc) is 0. The normalized spacial score (nSPS) is 0. The third-order valence-corrected chi connectivity index (χ3v) is 0. The SMILES string of the molecule is S.S.[Mo].[Mo]. The molecule has 0 unspecified atom stereocenters. The van der Waals surface area contributed by atoms with Gasteiger partial charge in [-0.15, -0.1) is 0 Å². The van der Waals surface area contributed by atoms with Crippen molar-refractivity contribution in [2.75, 3.05) is 0 Å². The minimum atomic E-state index is 0. The Bertz CT molecular complexity index is 4.00. The van der Waals surface area contributed by atoms with Gasteiger partial charge in [0.25, 0.3) is 0 Å². The van der Waals surface area contributed by atoms with E-state index >= 15 is 0 Å². The Morgan fingerprint density at radius 2 is 0.500 bits per heavy atom. The monoisotopic (exact) mass is 264 g/mol. The Labute approximate surface area is 68.5 Å². The van der Waals surface area contributed by atoms with E-state index < -0.39 is 0 Å². The van der Waals surface area contributed by atoms with E-state index in [-0.39, 0.29) is 69.1 Å². The molecule has 0 spiro atoms. The smallest absolute Gasteiger partial charge is 0 e. The van der Waals surface area contributed by atoms with E-state index in [0.717, 1.165) is 0 Å². The standard InChI is InChI=1S/2Mo.2H2S/h;;2*1H2. The quantitative estimate of drug-likeness (QED) is 0.547. The van der Waals surface area contributed by atoms with Crippen LogP contribution >= 0.6 is 27.0 Å². The van der Waals surface area contributed by atoms with Crippen LogP contribution in [0.25, 0.3) is 0 Å². The molecule has 0 aromatic carbocycles. The molecular weight excluding hydrogens is 256 g/mol. The summed E-state index contributed by atoms with van der Waals surface area (Å²) >= 11 is 0. The van der Waals surface area contributed by atoms with Gasteiger partial charge in [-0.1, -0.05) is 0 Å². The Hall–Kier alpha value is 2.08. The zero-order valence-corrected chi connectivity index (χ0v) is 7.83. The fourth-order valence-corrected chi connectivity index (χ4v) is 0. The van der Waals surface area contributed by atoms with E-state index in [9.17, 15) is 0 Å². The van der Waals surface area contributed by atoms with Crippen LogP contribution in [0.2, 0.25) is 0 Å². The first-order chi connectivity index (χ1) is 0. The first kappa shape index (κ1) is 36.3. The van der Waals surface area contributed by atoms with Crippen molar-refractivity contribution in [1.82, 2.24) is 0 Å². The second kappa shape index (κ2) is 19.6. The Balaban J connectivity index is 0. The molecule has 0 nitrogen and oxygen atoms in total. The van der Waals surface area contributed by atoms with Crippen LogP contribution in [-0.2, 0) is 42.1 Å². The van der Waals surface area contributed by atoms with Crippen LogP contribution in [0.1, 0.15) is 0 Å². The Morgan fingerprint density at radius 3 is 0.500 bits per heavy atom. The molecular formula is H4Mo2S2. The molecule has 0 saturated carbocycles. The molecule has 0 amide bonds. The van der Waals surface area contributed by atoms with Gasteiger partial charge in [0.15, 0.2) is 0 Å². The van der Waals surface area contributed by atoms with Crippen molar-refractivity contribution >= 4 is 27.0 Å². The van der Waals surface area contributed by atoms with E-state index in [2.05, 4.69) is 0 Å². The van der Waals surface area contributed by atoms with Gasteiger partial charge in [-0.25, -0.2) is 0 Å². The molecule has 0 aliphatic carbocycles. The maximum absolute atomic E-state index is 0. The molecule has 0 fully saturated rings. The van der Waals surface area contributed by atoms with Gasteiger partial charge >= 0.3 is 0 Å². The molecule has 4 heavy (non-hydrogen) atoms. The Kier molecular flexibility index (Phi) is 178. The van der Waals surface area contributed by atoms with Crippen LogP contribution in [0.4, 0.5) is 0 Å². The number of hydrogen-bond donors (Lipinski definition) is 0. The molecule has 0 saturated heterocycles. The largest absolute Gasteiger partial charge is 0.197 e. The molecule has 28 valence electrons. The second-order valence-electron chi connectivity index (χ2n) is 0. The van der Waals surface area contributed by atoms with Crippen LogP contribution < -0.4 is 0 Å². The third-order valence-electron chi connectivity index (χ3n) is 0. The van der Waals surface area contributed by atoms with Crippen LogP contribution in [0.3, 0.4) is 0 Å². The summed E-state index contributed by atoms with van der Waals surface area (Å²) in [6, 6.07) is 0. The van der Waals surface area contributed by atoms with Gasteiger partial charge in [0.1, 0.15) is 0 Å². The van der Waals surface area contributed by atoms with E-state index in [1.807, 2.05) is 0 Å². The van der Waals surface area contributed by atoms with Crippen molar-refractivity contribution in [1.29, 1.82) is 0 Å². The second-order valence-corrected chi connectivity index (χ2v) is 0. The summed E-state index contributed by atoms with van der Waals surface area (Å²) in [6.07, 6.45) is 0. The molecule has 0 aliphatic heterocycles. The van der Waals surface area contributed by atoms with Crippen molar-refractivity contribution in [3.63, 3.8) is 0 Å². The van der Waals surface area contributed by atoms with E-state index in [0.29, 0.717) is 0 Å². The first-order valence-corrected chi connectivity index (χ1v) is 0. The summed E-state index contributed by atoms with van der Waals surface area (Å²) in [6.45, 7) is 0. The summed E-state index contributed by atoms with van der Waals surface area (Å²) < 4.78 is 0. The minimum Gasteiger partial charge on any atom is -0.197 e. The fraction of sp³-hybridized carbons (Fsp3) is 0. The van der Waals surface area contributed by atoms with Gasteiger partial charge in [0.2, 0.25) is 0 Å². The molecule has 0 aromatic rings. The van der Waals surface area contributed by atoms with E-state index in [1.165, 1.54) is 0 Å². The van der Waals surface area contributed by atoms with Crippen molar-refractivity contribution in [3.05, 3.63) is 0 Å². The summed E-state index contributed by atoms with van der Waals surface area (Å²) in [5.74, 6) is 0. The molecule has 0 aromatic heterocycles. The van der Waals surface area contributed by atoms with Crippen LogP contribution in [0, 0.1) is 0 Å². The summed E-state index contributed by atoms with van der Waals surface area (Å²) in [7, 11) is 0. The summed E-state index contributed by atoms with van der Waals surface area (Å²) in [5.41, 5.74) is 0. The van der Waals surface area contributed by atoms with Gasteiger partial charge < -0.3 is 0 Å². The van der Waals surface area contributed by atoms with E-state index in [1.54, 1.807) is 0 Å². The molecule has 0 rings (SSSR count). The van der Waals surface area contributed by atoms with Gasteiger partial charge in [-0.3, -0.25) is 0 Å². The molecule has 0 heterocycles.